The van der Waals surface area contributed by atoms with Crippen molar-refractivity contribution in [2.24, 2.45) is 0 Å². The van der Waals surface area contributed by atoms with E-state index in [1.807, 2.05) is 18.5 Å². The van der Waals surface area contributed by atoms with Crippen molar-refractivity contribution in [3.8, 4) is 5.75 Å². The van der Waals surface area contributed by atoms with Crippen LogP contribution in [0.1, 0.15) is 16.5 Å². The van der Waals surface area contributed by atoms with E-state index < -0.39 is 0 Å². The van der Waals surface area contributed by atoms with Gasteiger partial charge in [0.05, 0.1) is 7.11 Å². The third kappa shape index (κ3) is 2.71. The molecule has 2 aromatic rings. The molecule has 0 saturated heterocycles. The summed E-state index contributed by atoms with van der Waals surface area (Å²) in [7, 11) is 3.40. The van der Waals surface area contributed by atoms with Crippen LogP contribution in [0.4, 0.5) is 4.39 Å². The van der Waals surface area contributed by atoms with E-state index in [4.69, 9.17) is 4.74 Å². The minimum absolute atomic E-state index is 0.0835. The highest BCUT2D eigenvalue weighted by Gasteiger charge is 2.19. The number of rotatable bonds is 5. The van der Waals surface area contributed by atoms with Gasteiger partial charge in [0.2, 0.25) is 0 Å². The van der Waals surface area contributed by atoms with Gasteiger partial charge in [-0.15, -0.1) is 11.3 Å². The summed E-state index contributed by atoms with van der Waals surface area (Å²) in [5.74, 6) is 0.358. The number of ether oxygens (including phenoxy) is 1. The summed E-state index contributed by atoms with van der Waals surface area (Å²) in [6.45, 7) is 0. The number of hydrogen-bond donors (Lipinski definition) is 1. The standard InChI is InChI=1S/C14H16FNOS/c1-16-12(9-10-5-4-8-18-10)14-11(15)6-3-7-13(14)17-2/h3-8,12,16H,9H2,1-2H3. The zero-order valence-corrected chi connectivity index (χ0v) is 11.3. The fourth-order valence-corrected chi connectivity index (χ4v) is 2.76. The van der Waals surface area contributed by atoms with Crippen molar-refractivity contribution in [2.75, 3.05) is 14.2 Å². The first-order chi connectivity index (χ1) is 8.76. The second-order valence-electron chi connectivity index (χ2n) is 3.98. The number of thiophene rings is 1. The normalized spacial score (nSPS) is 12.4. The van der Waals surface area contributed by atoms with Crippen LogP contribution in [0.2, 0.25) is 0 Å². The van der Waals surface area contributed by atoms with Crippen LogP contribution in [0, 0.1) is 5.82 Å². The predicted octanol–water partition coefficient (Wildman–Crippen LogP) is 3.40. The van der Waals surface area contributed by atoms with Crippen LogP contribution in [0.5, 0.6) is 5.75 Å². The van der Waals surface area contributed by atoms with E-state index in [1.54, 1.807) is 30.6 Å². The third-order valence-corrected chi connectivity index (χ3v) is 3.81. The van der Waals surface area contributed by atoms with E-state index in [1.165, 1.54) is 10.9 Å². The maximum atomic E-state index is 14.0. The molecule has 0 bridgehead atoms. The monoisotopic (exact) mass is 265 g/mol. The Hall–Kier alpha value is -1.39. The number of likely N-dealkylation sites (N-methyl/N-ethyl adjacent to an activating group) is 1. The molecule has 1 atom stereocenters. The molecular formula is C14H16FNOS. The van der Waals surface area contributed by atoms with Crippen molar-refractivity contribution in [3.63, 3.8) is 0 Å². The lowest BCUT2D eigenvalue weighted by molar-refractivity contribution is 0.393. The minimum Gasteiger partial charge on any atom is -0.496 e. The minimum atomic E-state index is -0.231. The average Bonchev–Trinajstić information content (AvgIpc) is 2.89. The molecule has 0 amide bonds. The highest BCUT2D eigenvalue weighted by molar-refractivity contribution is 7.09. The molecule has 96 valence electrons. The van der Waals surface area contributed by atoms with Gasteiger partial charge < -0.3 is 10.1 Å². The molecule has 2 nitrogen and oxygen atoms in total. The van der Waals surface area contributed by atoms with E-state index >= 15 is 0 Å². The molecule has 4 heteroatoms. The van der Waals surface area contributed by atoms with E-state index in [2.05, 4.69) is 11.4 Å². The summed E-state index contributed by atoms with van der Waals surface area (Å²) in [5.41, 5.74) is 0.593. The molecule has 0 spiro atoms. The van der Waals surface area contributed by atoms with Crippen LogP contribution in [-0.2, 0) is 6.42 Å². The van der Waals surface area contributed by atoms with Crippen LogP contribution in [0.25, 0.3) is 0 Å². The maximum absolute atomic E-state index is 14.0. The van der Waals surface area contributed by atoms with Gasteiger partial charge in [-0.2, -0.15) is 0 Å². The molecule has 1 unspecified atom stereocenters. The first-order valence-corrected chi connectivity index (χ1v) is 6.66. The summed E-state index contributed by atoms with van der Waals surface area (Å²) in [6.07, 6.45) is 0.755. The highest BCUT2D eigenvalue weighted by atomic mass is 32.1. The Morgan fingerprint density at radius 3 is 2.78 bits per heavy atom. The Balaban J connectivity index is 2.32. The van der Waals surface area contributed by atoms with Crippen LogP contribution < -0.4 is 10.1 Å². The van der Waals surface area contributed by atoms with Crippen molar-refractivity contribution < 1.29 is 9.13 Å². The zero-order chi connectivity index (χ0) is 13.0. The summed E-state index contributed by atoms with van der Waals surface area (Å²) in [6, 6.07) is 8.90. The molecule has 1 heterocycles. The summed E-state index contributed by atoms with van der Waals surface area (Å²) >= 11 is 1.68. The molecule has 1 aromatic carbocycles. The van der Waals surface area contributed by atoms with Gasteiger partial charge in [-0.05, 0) is 30.6 Å². The first-order valence-electron chi connectivity index (χ1n) is 5.78. The lowest BCUT2D eigenvalue weighted by Gasteiger charge is -2.19. The number of nitrogens with one attached hydrogen (secondary N) is 1. The summed E-state index contributed by atoms with van der Waals surface area (Å²) in [4.78, 5) is 1.22. The van der Waals surface area contributed by atoms with Crippen molar-refractivity contribution in [1.82, 2.24) is 5.32 Å². The highest BCUT2D eigenvalue weighted by Crippen LogP contribution is 2.30. The summed E-state index contributed by atoms with van der Waals surface area (Å²) < 4.78 is 19.2. The Kier molecular flexibility index (Phi) is 4.33. The second-order valence-corrected chi connectivity index (χ2v) is 5.01. The van der Waals surface area contributed by atoms with Crippen molar-refractivity contribution >= 4 is 11.3 Å². The quantitative estimate of drug-likeness (QED) is 0.894. The van der Waals surface area contributed by atoms with E-state index in [0.717, 1.165) is 6.42 Å². The van der Waals surface area contributed by atoms with Crippen LogP contribution in [0.3, 0.4) is 0 Å². The lowest BCUT2D eigenvalue weighted by Crippen LogP contribution is -2.20. The van der Waals surface area contributed by atoms with Gasteiger partial charge in [-0.3, -0.25) is 0 Å². The molecule has 0 aliphatic rings. The van der Waals surface area contributed by atoms with E-state index in [-0.39, 0.29) is 11.9 Å². The van der Waals surface area contributed by atoms with Gasteiger partial charge >= 0.3 is 0 Å². The molecule has 2 rings (SSSR count). The Bertz CT molecular complexity index is 499. The van der Waals surface area contributed by atoms with Gasteiger partial charge in [0.1, 0.15) is 11.6 Å². The third-order valence-electron chi connectivity index (χ3n) is 2.92. The molecular weight excluding hydrogens is 249 g/mol. The molecule has 0 aliphatic heterocycles. The number of hydrogen-bond acceptors (Lipinski definition) is 3. The smallest absolute Gasteiger partial charge is 0.131 e. The van der Waals surface area contributed by atoms with E-state index in [0.29, 0.717) is 11.3 Å². The van der Waals surface area contributed by atoms with Crippen LogP contribution in [-0.4, -0.2) is 14.2 Å². The zero-order valence-electron chi connectivity index (χ0n) is 10.4. The maximum Gasteiger partial charge on any atom is 0.131 e. The fraction of sp³-hybridized carbons (Fsp3) is 0.286. The van der Waals surface area contributed by atoms with Crippen molar-refractivity contribution in [1.29, 1.82) is 0 Å². The largest absolute Gasteiger partial charge is 0.496 e. The molecule has 0 fully saturated rings. The predicted molar refractivity (Wildman–Crippen MR) is 72.8 cm³/mol. The van der Waals surface area contributed by atoms with Gasteiger partial charge in [0, 0.05) is 22.9 Å². The number of methoxy groups -OCH3 is 1. The number of benzene rings is 1. The van der Waals surface area contributed by atoms with Gasteiger partial charge in [-0.1, -0.05) is 12.1 Å². The topological polar surface area (TPSA) is 21.3 Å². The van der Waals surface area contributed by atoms with Crippen molar-refractivity contribution in [3.05, 3.63) is 52.0 Å². The molecule has 1 aromatic heterocycles. The number of halogens is 1. The summed E-state index contributed by atoms with van der Waals surface area (Å²) in [5, 5.41) is 5.19. The van der Waals surface area contributed by atoms with E-state index in [9.17, 15) is 4.39 Å². The Morgan fingerprint density at radius 2 is 2.17 bits per heavy atom. The van der Waals surface area contributed by atoms with Gasteiger partial charge in [-0.25, -0.2) is 4.39 Å². The van der Waals surface area contributed by atoms with Crippen LogP contribution in [0.15, 0.2) is 35.7 Å². The second kappa shape index (κ2) is 5.98. The molecule has 0 radical (unpaired) electrons. The molecule has 1 N–H and O–H groups in total. The lowest BCUT2D eigenvalue weighted by atomic mass is 10.0. The van der Waals surface area contributed by atoms with Crippen molar-refractivity contribution in [2.45, 2.75) is 12.5 Å². The molecule has 0 saturated carbocycles. The van der Waals surface area contributed by atoms with Crippen LogP contribution >= 0.6 is 11.3 Å². The average molecular weight is 265 g/mol. The Labute approximate surface area is 110 Å². The first kappa shape index (κ1) is 13.1. The SMILES string of the molecule is CNC(Cc1cccs1)c1c(F)cccc1OC. The Morgan fingerprint density at radius 1 is 1.33 bits per heavy atom. The molecule has 18 heavy (non-hydrogen) atoms. The molecule has 0 aliphatic carbocycles. The van der Waals surface area contributed by atoms with Gasteiger partial charge in [0.15, 0.2) is 0 Å². The van der Waals surface area contributed by atoms with Gasteiger partial charge in [0.25, 0.3) is 0 Å². The fourth-order valence-electron chi connectivity index (χ4n) is 2.01.